The first kappa shape index (κ1) is 21.9. The van der Waals surface area contributed by atoms with E-state index in [9.17, 15) is 0 Å². The number of rotatable bonds is 5. The summed E-state index contributed by atoms with van der Waals surface area (Å²) in [5.74, 6) is 8.22. The molecule has 2 saturated carbocycles. The number of hydrogen-bond acceptors (Lipinski definition) is 1. The van der Waals surface area contributed by atoms with Gasteiger partial charge in [-0.2, -0.15) is 6.42 Å². The molecule has 2 fully saturated rings. The summed E-state index contributed by atoms with van der Waals surface area (Å²) in [4.78, 5) is 0. The second-order valence-electron chi connectivity index (χ2n) is 8.14. The molecule has 2 heteroatoms. The Kier molecular flexibility index (Phi) is 9.08. The standard InChI is InChI=1S/C24H33O.Na/c1-3-9-21(4-2)22-11-13-23(14-12-22)25-19-20-10-8-17-24(18-20)15-6-5-7-16-24;/h11-14,20-21H,2,4-8,10,15-19H2,1H3;/q-1;+1/t20?,21-;/m1./s1. The summed E-state index contributed by atoms with van der Waals surface area (Å²) in [5.41, 5.74) is 1.91. The van der Waals surface area contributed by atoms with Crippen LogP contribution in [0.4, 0.5) is 0 Å². The van der Waals surface area contributed by atoms with Crippen molar-refractivity contribution in [3.05, 3.63) is 36.8 Å². The van der Waals surface area contributed by atoms with Gasteiger partial charge in [-0.1, -0.05) is 43.7 Å². The van der Waals surface area contributed by atoms with Crippen LogP contribution >= 0.6 is 0 Å². The molecule has 1 aromatic rings. The molecule has 0 N–H and O–H groups in total. The van der Waals surface area contributed by atoms with Crippen molar-refractivity contribution < 1.29 is 34.3 Å². The number of ether oxygens (including phenoxy) is 1. The van der Waals surface area contributed by atoms with Gasteiger partial charge in [0, 0.05) is 5.92 Å². The van der Waals surface area contributed by atoms with Crippen LogP contribution in [-0.4, -0.2) is 6.61 Å². The van der Waals surface area contributed by atoms with Crippen molar-refractivity contribution >= 4 is 0 Å². The van der Waals surface area contributed by atoms with Gasteiger partial charge in [-0.25, -0.2) is 0 Å². The zero-order valence-electron chi connectivity index (χ0n) is 16.9. The molecular formula is C24H33NaO. The van der Waals surface area contributed by atoms with Crippen molar-refractivity contribution in [1.29, 1.82) is 0 Å². The summed E-state index contributed by atoms with van der Waals surface area (Å²) in [6.07, 6.45) is 13.7. The van der Waals surface area contributed by atoms with Crippen LogP contribution in [0.2, 0.25) is 0 Å². The van der Waals surface area contributed by atoms with Crippen molar-refractivity contribution in [1.82, 2.24) is 0 Å². The maximum Gasteiger partial charge on any atom is 1.00 e. The monoisotopic (exact) mass is 360 g/mol. The quantitative estimate of drug-likeness (QED) is 0.443. The molecule has 1 aromatic carbocycles. The van der Waals surface area contributed by atoms with Crippen LogP contribution in [0.25, 0.3) is 0 Å². The SMILES string of the molecule is [CH2-]C[C@H](C#CC)c1ccc(OCC2CCCC3(CCCCC3)C2)cc1.[Na+]. The van der Waals surface area contributed by atoms with Gasteiger partial charge in [0.15, 0.2) is 0 Å². The van der Waals surface area contributed by atoms with Crippen LogP contribution in [0.5, 0.6) is 5.75 Å². The van der Waals surface area contributed by atoms with E-state index in [1.165, 1.54) is 63.4 Å². The Morgan fingerprint density at radius 3 is 2.46 bits per heavy atom. The fourth-order valence-electron chi connectivity index (χ4n) is 4.99. The smallest absolute Gasteiger partial charge is 0.493 e. The Hall–Kier alpha value is -0.420. The summed E-state index contributed by atoms with van der Waals surface area (Å²) in [7, 11) is 0. The molecule has 2 aliphatic rings. The van der Waals surface area contributed by atoms with Crippen molar-refractivity contribution in [2.45, 2.75) is 77.0 Å². The maximum absolute atomic E-state index is 6.16. The third-order valence-corrected chi connectivity index (χ3v) is 6.33. The normalized spacial score (nSPS) is 22.6. The first-order valence-electron chi connectivity index (χ1n) is 10.2. The molecule has 0 radical (unpaired) electrons. The van der Waals surface area contributed by atoms with Crippen LogP contribution in [0.1, 0.15) is 82.6 Å². The van der Waals surface area contributed by atoms with Gasteiger partial charge < -0.3 is 11.7 Å². The molecule has 1 nitrogen and oxygen atoms in total. The van der Waals surface area contributed by atoms with E-state index in [2.05, 4.69) is 43.0 Å². The second kappa shape index (κ2) is 10.8. The van der Waals surface area contributed by atoms with Gasteiger partial charge in [0.1, 0.15) is 5.75 Å². The van der Waals surface area contributed by atoms with Crippen LogP contribution in [0.15, 0.2) is 24.3 Å². The molecule has 0 heterocycles. The Bertz CT molecular complexity index is 583. The molecule has 0 bridgehead atoms. The summed E-state index contributed by atoms with van der Waals surface area (Å²) >= 11 is 0. The molecule has 3 rings (SSSR count). The van der Waals surface area contributed by atoms with Crippen LogP contribution < -0.4 is 34.3 Å². The Balaban J connectivity index is 0.00000243. The third kappa shape index (κ3) is 5.79. The average Bonchev–Trinajstić information content (AvgIpc) is 2.66. The van der Waals surface area contributed by atoms with E-state index in [0.717, 1.165) is 24.7 Å². The van der Waals surface area contributed by atoms with Crippen molar-refractivity contribution in [2.75, 3.05) is 6.61 Å². The first-order valence-corrected chi connectivity index (χ1v) is 10.2. The minimum absolute atomic E-state index is 0. The van der Waals surface area contributed by atoms with Gasteiger partial charge in [0.2, 0.25) is 0 Å². The molecule has 1 unspecified atom stereocenters. The topological polar surface area (TPSA) is 9.23 Å². The molecule has 0 aromatic heterocycles. The molecule has 26 heavy (non-hydrogen) atoms. The van der Waals surface area contributed by atoms with E-state index in [1.807, 2.05) is 6.92 Å². The minimum Gasteiger partial charge on any atom is -0.493 e. The van der Waals surface area contributed by atoms with Gasteiger partial charge in [-0.3, -0.25) is 0 Å². The summed E-state index contributed by atoms with van der Waals surface area (Å²) < 4.78 is 6.16. The first-order chi connectivity index (χ1) is 12.2. The Morgan fingerprint density at radius 1 is 1.12 bits per heavy atom. The van der Waals surface area contributed by atoms with E-state index in [4.69, 9.17) is 4.74 Å². The molecule has 2 atom stereocenters. The maximum atomic E-state index is 6.16. The van der Waals surface area contributed by atoms with Crippen LogP contribution in [0, 0.1) is 30.1 Å². The average molecular weight is 361 g/mol. The van der Waals surface area contributed by atoms with E-state index >= 15 is 0 Å². The summed E-state index contributed by atoms with van der Waals surface area (Å²) in [6, 6.07) is 8.51. The largest absolute Gasteiger partial charge is 1.00 e. The van der Waals surface area contributed by atoms with E-state index in [0.29, 0.717) is 5.41 Å². The predicted molar refractivity (Wildman–Crippen MR) is 106 cm³/mol. The molecule has 0 amide bonds. The minimum atomic E-state index is 0. The third-order valence-electron chi connectivity index (χ3n) is 6.33. The molecular weight excluding hydrogens is 327 g/mol. The number of hydrogen-bond donors (Lipinski definition) is 0. The van der Waals surface area contributed by atoms with Gasteiger partial charge in [-0.15, -0.1) is 5.92 Å². The summed E-state index contributed by atoms with van der Waals surface area (Å²) in [6.45, 7) is 6.78. The van der Waals surface area contributed by atoms with Gasteiger partial charge >= 0.3 is 29.6 Å². The van der Waals surface area contributed by atoms with Gasteiger partial charge in [-0.05, 0) is 68.1 Å². The van der Waals surface area contributed by atoms with Crippen molar-refractivity contribution in [3.63, 3.8) is 0 Å². The van der Waals surface area contributed by atoms with Crippen LogP contribution in [0.3, 0.4) is 0 Å². The fourth-order valence-corrected chi connectivity index (χ4v) is 4.99. The van der Waals surface area contributed by atoms with Gasteiger partial charge in [0.25, 0.3) is 0 Å². The van der Waals surface area contributed by atoms with E-state index < -0.39 is 0 Å². The van der Waals surface area contributed by atoms with E-state index in [1.54, 1.807) is 0 Å². The van der Waals surface area contributed by atoms with Crippen molar-refractivity contribution in [3.8, 4) is 17.6 Å². The summed E-state index contributed by atoms with van der Waals surface area (Å²) in [5, 5.41) is 0. The Morgan fingerprint density at radius 2 is 1.81 bits per heavy atom. The van der Waals surface area contributed by atoms with E-state index in [-0.39, 0.29) is 35.5 Å². The predicted octanol–water partition coefficient (Wildman–Crippen LogP) is 3.54. The number of benzene rings is 1. The zero-order chi connectivity index (χ0) is 17.5. The molecule has 1 spiro atoms. The second-order valence-corrected chi connectivity index (χ2v) is 8.14. The molecule has 0 saturated heterocycles. The van der Waals surface area contributed by atoms with Crippen molar-refractivity contribution in [2.24, 2.45) is 11.3 Å². The zero-order valence-corrected chi connectivity index (χ0v) is 18.9. The molecule has 0 aliphatic heterocycles. The Labute approximate surface area is 183 Å². The fraction of sp³-hybridized carbons (Fsp3) is 0.625. The molecule has 136 valence electrons. The van der Waals surface area contributed by atoms with Gasteiger partial charge in [0.05, 0.1) is 6.61 Å². The molecule has 2 aliphatic carbocycles. The van der Waals surface area contributed by atoms with Crippen LogP contribution in [-0.2, 0) is 0 Å².